The highest BCUT2D eigenvalue weighted by Crippen LogP contribution is 2.18. The number of nitrogens with two attached hydrogens (primary N) is 1. The zero-order chi connectivity index (χ0) is 14.1. The lowest BCUT2D eigenvalue weighted by Gasteiger charge is -2.21. The molecule has 1 atom stereocenters. The van der Waals surface area contributed by atoms with Gasteiger partial charge in [0.05, 0.1) is 7.11 Å². The van der Waals surface area contributed by atoms with Gasteiger partial charge in [-0.05, 0) is 42.9 Å². The summed E-state index contributed by atoms with van der Waals surface area (Å²) in [6.07, 6.45) is 5.77. The van der Waals surface area contributed by atoms with Gasteiger partial charge < -0.3 is 4.74 Å². The molecule has 3 nitrogen and oxygen atoms in total. The molecule has 1 unspecified atom stereocenters. The van der Waals surface area contributed by atoms with Gasteiger partial charge in [-0.2, -0.15) is 0 Å². The summed E-state index contributed by atoms with van der Waals surface area (Å²) in [5.74, 6) is 7.36. The summed E-state index contributed by atoms with van der Waals surface area (Å²) in [4.78, 5) is 0. The summed E-state index contributed by atoms with van der Waals surface area (Å²) >= 11 is 0. The van der Waals surface area contributed by atoms with Crippen molar-refractivity contribution in [2.24, 2.45) is 11.8 Å². The summed E-state index contributed by atoms with van der Waals surface area (Å²) in [5.41, 5.74) is 4.31. The molecule has 0 radical (unpaired) electrons. The van der Waals surface area contributed by atoms with E-state index in [0.717, 1.165) is 24.5 Å². The van der Waals surface area contributed by atoms with Crippen LogP contribution in [-0.4, -0.2) is 13.2 Å². The highest BCUT2D eigenvalue weighted by molar-refractivity contribution is 5.27. The third-order valence-corrected chi connectivity index (χ3v) is 3.95. The van der Waals surface area contributed by atoms with Crippen molar-refractivity contribution in [3.05, 3.63) is 29.8 Å². The van der Waals surface area contributed by atoms with E-state index in [-0.39, 0.29) is 0 Å². The smallest absolute Gasteiger partial charge is 0.118 e. The van der Waals surface area contributed by atoms with Crippen LogP contribution in [0.3, 0.4) is 0 Å². The molecule has 1 rings (SSSR count). The lowest BCUT2D eigenvalue weighted by molar-refractivity contribution is 0.355. The van der Waals surface area contributed by atoms with Crippen molar-refractivity contribution in [3.8, 4) is 5.75 Å². The Hall–Kier alpha value is -1.06. The van der Waals surface area contributed by atoms with Crippen LogP contribution in [0.2, 0.25) is 0 Å². The minimum absolute atomic E-state index is 0.409. The number of methoxy groups -OCH3 is 1. The Labute approximate surface area is 117 Å². The molecule has 3 N–H and O–H groups in total. The van der Waals surface area contributed by atoms with Gasteiger partial charge in [-0.1, -0.05) is 38.8 Å². The third kappa shape index (κ3) is 5.62. The van der Waals surface area contributed by atoms with Crippen molar-refractivity contribution >= 4 is 0 Å². The molecule has 0 bridgehead atoms. The number of rotatable bonds is 9. The molecule has 1 aromatic rings. The Morgan fingerprint density at radius 2 is 1.79 bits per heavy atom. The molecule has 0 aliphatic heterocycles. The van der Waals surface area contributed by atoms with Crippen molar-refractivity contribution in [3.63, 3.8) is 0 Å². The van der Waals surface area contributed by atoms with Crippen LogP contribution in [-0.2, 0) is 6.42 Å². The minimum Gasteiger partial charge on any atom is -0.497 e. The molecular formula is C16H28N2O. The predicted octanol–water partition coefficient (Wildman–Crippen LogP) is 3.29. The molecule has 0 saturated heterocycles. The number of hydrazine groups is 1. The second kappa shape index (κ2) is 8.94. The van der Waals surface area contributed by atoms with Gasteiger partial charge in [0.15, 0.2) is 0 Å². The topological polar surface area (TPSA) is 47.3 Å². The standard InChI is InChI=1S/C16H28N2O/c1-4-13(5-2)12-15(18-17)9-6-14-7-10-16(19-3)11-8-14/h7-8,10-11,13,15,18H,4-6,9,12,17H2,1-3H3. The maximum Gasteiger partial charge on any atom is 0.118 e. The molecular weight excluding hydrogens is 236 g/mol. The number of nitrogens with one attached hydrogen (secondary N) is 1. The molecule has 19 heavy (non-hydrogen) atoms. The lowest BCUT2D eigenvalue weighted by Crippen LogP contribution is -2.37. The van der Waals surface area contributed by atoms with Gasteiger partial charge in [0, 0.05) is 6.04 Å². The fourth-order valence-electron chi connectivity index (χ4n) is 2.43. The highest BCUT2D eigenvalue weighted by Gasteiger charge is 2.12. The quantitative estimate of drug-likeness (QED) is 0.531. The molecule has 3 heteroatoms. The molecule has 0 aromatic heterocycles. The number of ether oxygens (including phenoxy) is 1. The number of hydrogen-bond donors (Lipinski definition) is 2. The molecule has 0 amide bonds. The number of benzene rings is 1. The van der Waals surface area contributed by atoms with E-state index >= 15 is 0 Å². The monoisotopic (exact) mass is 264 g/mol. The summed E-state index contributed by atoms with van der Waals surface area (Å²) in [7, 11) is 1.69. The maximum atomic E-state index is 5.67. The second-order valence-corrected chi connectivity index (χ2v) is 5.17. The van der Waals surface area contributed by atoms with Gasteiger partial charge in [-0.3, -0.25) is 11.3 Å². The first-order chi connectivity index (χ1) is 9.23. The van der Waals surface area contributed by atoms with Crippen LogP contribution in [0, 0.1) is 5.92 Å². The van der Waals surface area contributed by atoms with Crippen LogP contribution >= 0.6 is 0 Å². The van der Waals surface area contributed by atoms with E-state index in [1.54, 1.807) is 7.11 Å². The van der Waals surface area contributed by atoms with Crippen molar-refractivity contribution in [1.82, 2.24) is 5.43 Å². The van der Waals surface area contributed by atoms with Crippen molar-refractivity contribution in [2.75, 3.05) is 7.11 Å². The van der Waals surface area contributed by atoms with E-state index in [0.29, 0.717) is 6.04 Å². The van der Waals surface area contributed by atoms with E-state index in [4.69, 9.17) is 10.6 Å². The van der Waals surface area contributed by atoms with Crippen LogP contribution in [0.25, 0.3) is 0 Å². The van der Waals surface area contributed by atoms with E-state index in [1.165, 1.54) is 24.8 Å². The molecule has 0 spiro atoms. The zero-order valence-corrected chi connectivity index (χ0v) is 12.5. The summed E-state index contributed by atoms with van der Waals surface area (Å²) in [5, 5.41) is 0. The van der Waals surface area contributed by atoms with Crippen LogP contribution in [0.15, 0.2) is 24.3 Å². The van der Waals surface area contributed by atoms with Gasteiger partial charge in [-0.15, -0.1) is 0 Å². The Kier molecular flexibility index (Phi) is 7.53. The largest absolute Gasteiger partial charge is 0.497 e. The minimum atomic E-state index is 0.409. The van der Waals surface area contributed by atoms with E-state index in [1.807, 2.05) is 12.1 Å². The van der Waals surface area contributed by atoms with Crippen LogP contribution in [0.1, 0.15) is 45.1 Å². The summed E-state index contributed by atoms with van der Waals surface area (Å²) in [6, 6.07) is 8.70. The van der Waals surface area contributed by atoms with Gasteiger partial charge in [0.2, 0.25) is 0 Å². The first-order valence-electron chi connectivity index (χ1n) is 7.32. The molecule has 0 aliphatic carbocycles. The Morgan fingerprint density at radius 1 is 1.16 bits per heavy atom. The van der Waals surface area contributed by atoms with E-state index in [2.05, 4.69) is 31.4 Å². The highest BCUT2D eigenvalue weighted by atomic mass is 16.5. The first kappa shape index (κ1) is 16.0. The number of hydrogen-bond acceptors (Lipinski definition) is 3. The SMILES string of the molecule is CCC(CC)CC(CCc1ccc(OC)cc1)NN. The van der Waals surface area contributed by atoms with Crippen LogP contribution in [0.5, 0.6) is 5.75 Å². The Bertz CT molecular complexity index is 333. The lowest BCUT2D eigenvalue weighted by atomic mass is 9.92. The average molecular weight is 264 g/mol. The molecule has 0 aliphatic rings. The van der Waals surface area contributed by atoms with Gasteiger partial charge in [-0.25, -0.2) is 0 Å². The van der Waals surface area contributed by atoms with Crippen molar-refractivity contribution < 1.29 is 4.74 Å². The van der Waals surface area contributed by atoms with Crippen LogP contribution in [0.4, 0.5) is 0 Å². The zero-order valence-electron chi connectivity index (χ0n) is 12.5. The fourth-order valence-corrected chi connectivity index (χ4v) is 2.43. The van der Waals surface area contributed by atoms with Crippen LogP contribution < -0.4 is 16.0 Å². The molecule has 0 saturated carbocycles. The Morgan fingerprint density at radius 3 is 2.26 bits per heavy atom. The second-order valence-electron chi connectivity index (χ2n) is 5.17. The summed E-state index contributed by atoms with van der Waals surface area (Å²) in [6.45, 7) is 4.51. The normalized spacial score (nSPS) is 12.7. The molecule has 1 aromatic carbocycles. The van der Waals surface area contributed by atoms with Gasteiger partial charge in [0.1, 0.15) is 5.75 Å². The van der Waals surface area contributed by atoms with Crippen molar-refractivity contribution in [2.45, 2.75) is 52.0 Å². The molecule has 0 fully saturated rings. The van der Waals surface area contributed by atoms with E-state index in [9.17, 15) is 0 Å². The van der Waals surface area contributed by atoms with E-state index < -0.39 is 0 Å². The third-order valence-electron chi connectivity index (χ3n) is 3.95. The predicted molar refractivity (Wildman–Crippen MR) is 81.1 cm³/mol. The Balaban J connectivity index is 2.43. The maximum absolute atomic E-state index is 5.67. The summed E-state index contributed by atoms with van der Waals surface area (Å²) < 4.78 is 5.17. The molecule has 0 heterocycles. The average Bonchev–Trinajstić information content (AvgIpc) is 2.48. The van der Waals surface area contributed by atoms with Gasteiger partial charge in [0.25, 0.3) is 0 Å². The van der Waals surface area contributed by atoms with Gasteiger partial charge >= 0.3 is 0 Å². The molecule has 108 valence electrons. The first-order valence-corrected chi connectivity index (χ1v) is 7.32. The number of aryl methyl sites for hydroxylation is 1. The fraction of sp³-hybridized carbons (Fsp3) is 0.625. The van der Waals surface area contributed by atoms with Crippen molar-refractivity contribution in [1.29, 1.82) is 0 Å².